The highest BCUT2D eigenvalue weighted by atomic mass is 79.9. The summed E-state index contributed by atoms with van der Waals surface area (Å²) in [4.78, 5) is 16.9. The summed E-state index contributed by atoms with van der Waals surface area (Å²) in [6.07, 6.45) is 0.983. The van der Waals surface area contributed by atoms with Crippen molar-refractivity contribution >= 4 is 49.4 Å². The third-order valence-corrected chi connectivity index (χ3v) is 5.15. The molecule has 0 unspecified atom stereocenters. The summed E-state index contributed by atoms with van der Waals surface area (Å²) in [5.41, 5.74) is 5.45. The van der Waals surface area contributed by atoms with E-state index in [1.807, 2.05) is 24.3 Å². The van der Waals surface area contributed by atoms with Crippen molar-refractivity contribution < 1.29 is 4.79 Å². The smallest absolute Gasteiger partial charge is 0.184 e. The van der Waals surface area contributed by atoms with Crippen molar-refractivity contribution in [2.75, 3.05) is 11.9 Å². The van der Waals surface area contributed by atoms with E-state index in [4.69, 9.17) is 0 Å². The van der Waals surface area contributed by atoms with Gasteiger partial charge in [-0.15, -0.1) is 17.0 Å². The standard InChI is InChI=1S/C19H20N2OS.BrH/c1-4-14-6-8-15(9-7-14)16(22)11-20-19-21-18-13(3)12(2)5-10-17(18)23-19;/h5-10H,4,11H2,1-3H3,(H,20,21);1H. The molecule has 3 aromatic rings. The first-order valence-electron chi connectivity index (χ1n) is 7.81. The fraction of sp³-hybridized carbons (Fsp3) is 0.263. The van der Waals surface area contributed by atoms with Crippen LogP contribution >= 0.6 is 28.3 Å². The highest BCUT2D eigenvalue weighted by Crippen LogP contribution is 2.29. The third kappa shape index (κ3) is 3.84. The van der Waals surface area contributed by atoms with Crippen LogP contribution in [0.1, 0.15) is 34.0 Å². The van der Waals surface area contributed by atoms with Crippen LogP contribution in [0.4, 0.5) is 5.13 Å². The zero-order valence-electron chi connectivity index (χ0n) is 14.1. The fourth-order valence-electron chi connectivity index (χ4n) is 2.49. The Hall–Kier alpha value is -1.72. The number of rotatable bonds is 5. The van der Waals surface area contributed by atoms with Crippen molar-refractivity contribution in [1.82, 2.24) is 4.98 Å². The Labute approximate surface area is 156 Å². The van der Waals surface area contributed by atoms with Crippen molar-refractivity contribution in [2.45, 2.75) is 27.2 Å². The van der Waals surface area contributed by atoms with Crippen LogP contribution in [0.2, 0.25) is 0 Å². The number of hydrogen-bond acceptors (Lipinski definition) is 4. The summed E-state index contributed by atoms with van der Waals surface area (Å²) in [5.74, 6) is 0.0832. The van der Waals surface area contributed by atoms with Crippen LogP contribution in [0.25, 0.3) is 10.2 Å². The van der Waals surface area contributed by atoms with E-state index in [-0.39, 0.29) is 29.3 Å². The van der Waals surface area contributed by atoms with Crippen LogP contribution in [0.5, 0.6) is 0 Å². The minimum atomic E-state index is 0. The van der Waals surface area contributed by atoms with Gasteiger partial charge < -0.3 is 5.32 Å². The minimum Gasteiger partial charge on any atom is -0.354 e. The number of Topliss-reactive ketones (excluding diaryl/α,β-unsaturated/α-hetero) is 1. The summed E-state index contributed by atoms with van der Waals surface area (Å²) < 4.78 is 1.15. The lowest BCUT2D eigenvalue weighted by Gasteiger charge is -2.03. The van der Waals surface area contributed by atoms with Gasteiger partial charge in [0.1, 0.15) is 0 Å². The Morgan fingerprint density at radius 3 is 2.50 bits per heavy atom. The molecule has 3 nitrogen and oxygen atoms in total. The lowest BCUT2D eigenvalue weighted by Crippen LogP contribution is -2.13. The number of anilines is 1. The van der Waals surface area contributed by atoms with E-state index in [1.165, 1.54) is 16.7 Å². The molecule has 1 N–H and O–H groups in total. The molecule has 0 spiro atoms. The average Bonchev–Trinajstić information content (AvgIpc) is 3.00. The molecule has 5 heteroatoms. The van der Waals surface area contributed by atoms with Gasteiger partial charge in [0.2, 0.25) is 0 Å². The molecule has 0 atom stereocenters. The van der Waals surface area contributed by atoms with Crippen molar-refractivity contribution in [3.63, 3.8) is 0 Å². The maximum absolute atomic E-state index is 12.3. The van der Waals surface area contributed by atoms with Gasteiger partial charge in [-0.1, -0.05) is 48.6 Å². The van der Waals surface area contributed by atoms with Crippen LogP contribution in [0, 0.1) is 13.8 Å². The molecule has 1 aromatic heterocycles. The van der Waals surface area contributed by atoms with Crippen LogP contribution in [-0.2, 0) is 6.42 Å². The zero-order valence-corrected chi connectivity index (χ0v) is 16.6. The number of nitrogens with one attached hydrogen (secondary N) is 1. The molecule has 0 aliphatic heterocycles. The van der Waals surface area contributed by atoms with E-state index >= 15 is 0 Å². The molecule has 0 saturated heterocycles. The summed E-state index contributed by atoms with van der Waals surface area (Å²) >= 11 is 1.59. The van der Waals surface area contributed by atoms with Crippen molar-refractivity contribution in [2.24, 2.45) is 0 Å². The number of halogens is 1. The molecule has 0 fully saturated rings. The van der Waals surface area contributed by atoms with E-state index in [0.717, 1.165) is 27.3 Å². The third-order valence-electron chi connectivity index (χ3n) is 4.17. The molecule has 24 heavy (non-hydrogen) atoms. The largest absolute Gasteiger partial charge is 0.354 e. The predicted octanol–water partition coefficient (Wildman–Crippen LogP) is 5.35. The van der Waals surface area contributed by atoms with E-state index in [1.54, 1.807) is 11.3 Å². The number of hydrogen-bond donors (Lipinski definition) is 1. The van der Waals surface area contributed by atoms with Gasteiger partial charge in [-0.3, -0.25) is 4.79 Å². The number of aromatic nitrogens is 1. The molecule has 0 aliphatic carbocycles. The number of benzene rings is 2. The highest BCUT2D eigenvalue weighted by molar-refractivity contribution is 8.93. The first-order valence-corrected chi connectivity index (χ1v) is 8.63. The van der Waals surface area contributed by atoms with E-state index in [9.17, 15) is 4.79 Å². The Morgan fingerprint density at radius 1 is 1.12 bits per heavy atom. The number of carbonyl (C=O) groups is 1. The van der Waals surface area contributed by atoms with E-state index in [2.05, 4.69) is 43.2 Å². The van der Waals surface area contributed by atoms with Gasteiger partial charge >= 0.3 is 0 Å². The van der Waals surface area contributed by atoms with Gasteiger partial charge in [0, 0.05) is 5.56 Å². The Balaban J connectivity index is 0.00000208. The number of ketones is 1. The molecule has 0 bridgehead atoms. The molecule has 2 aromatic carbocycles. The number of carbonyl (C=O) groups excluding carboxylic acids is 1. The summed E-state index contributed by atoms with van der Waals surface area (Å²) in [6, 6.07) is 12.0. The molecule has 0 saturated carbocycles. The Morgan fingerprint density at radius 2 is 1.83 bits per heavy atom. The molecular weight excluding hydrogens is 384 g/mol. The second-order valence-electron chi connectivity index (χ2n) is 5.70. The molecule has 0 amide bonds. The fourth-order valence-corrected chi connectivity index (χ4v) is 3.41. The average molecular weight is 405 g/mol. The van der Waals surface area contributed by atoms with Crippen LogP contribution in [0.3, 0.4) is 0 Å². The lowest BCUT2D eigenvalue weighted by molar-refractivity contribution is 0.101. The molecule has 0 radical (unpaired) electrons. The van der Waals surface area contributed by atoms with Gasteiger partial charge in [-0.25, -0.2) is 4.98 Å². The maximum Gasteiger partial charge on any atom is 0.184 e. The van der Waals surface area contributed by atoms with Gasteiger partial charge in [0.05, 0.1) is 16.8 Å². The number of fused-ring (bicyclic) bond motifs is 1. The monoisotopic (exact) mass is 404 g/mol. The first-order chi connectivity index (χ1) is 11.1. The summed E-state index contributed by atoms with van der Waals surface area (Å²) in [6.45, 7) is 6.55. The molecule has 0 aliphatic rings. The predicted molar refractivity (Wildman–Crippen MR) is 108 cm³/mol. The zero-order chi connectivity index (χ0) is 16.4. The number of thiazole rings is 1. The molecule has 126 valence electrons. The van der Waals surface area contributed by atoms with Gasteiger partial charge in [-0.2, -0.15) is 0 Å². The van der Waals surface area contributed by atoms with E-state index < -0.39 is 0 Å². The second-order valence-corrected chi connectivity index (χ2v) is 6.73. The SMILES string of the molecule is Br.CCc1ccc(C(=O)CNc2nc3c(C)c(C)ccc3s2)cc1. The maximum atomic E-state index is 12.3. The lowest BCUT2D eigenvalue weighted by atomic mass is 10.1. The first kappa shape index (κ1) is 18.6. The molecule has 3 rings (SSSR count). The van der Waals surface area contributed by atoms with Crippen LogP contribution in [0.15, 0.2) is 36.4 Å². The Kier molecular flexibility index (Phi) is 6.13. The van der Waals surface area contributed by atoms with Gasteiger partial charge in [-0.05, 0) is 43.0 Å². The normalized spacial score (nSPS) is 10.5. The van der Waals surface area contributed by atoms with Gasteiger partial charge in [0.25, 0.3) is 0 Å². The quantitative estimate of drug-likeness (QED) is 0.582. The summed E-state index contributed by atoms with van der Waals surface area (Å²) in [5, 5.41) is 3.96. The van der Waals surface area contributed by atoms with Crippen LogP contribution in [-0.4, -0.2) is 17.3 Å². The van der Waals surface area contributed by atoms with E-state index in [0.29, 0.717) is 0 Å². The second kappa shape index (κ2) is 7.90. The van der Waals surface area contributed by atoms with Crippen molar-refractivity contribution in [1.29, 1.82) is 0 Å². The van der Waals surface area contributed by atoms with Crippen molar-refractivity contribution in [3.8, 4) is 0 Å². The molecular formula is C19H21BrN2OS. The van der Waals surface area contributed by atoms with Crippen LogP contribution < -0.4 is 5.32 Å². The Bertz CT molecular complexity index is 856. The summed E-state index contributed by atoms with van der Waals surface area (Å²) in [7, 11) is 0. The number of nitrogens with zero attached hydrogens (tertiary/aromatic N) is 1. The topological polar surface area (TPSA) is 42.0 Å². The minimum absolute atomic E-state index is 0. The molecule has 1 heterocycles. The van der Waals surface area contributed by atoms with Gasteiger partial charge in [0.15, 0.2) is 10.9 Å². The number of aryl methyl sites for hydroxylation is 3. The van der Waals surface area contributed by atoms with Crippen molar-refractivity contribution in [3.05, 3.63) is 58.7 Å². The highest BCUT2D eigenvalue weighted by Gasteiger charge is 2.10.